The Hall–Kier alpha value is -2.08. The molecule has 1 unspecified atom stereocenters. The molecule has 0 saturated heterocycles. The van der Waals surface area contributed by atoms with Crippen LogP contribution >= 0.6 is 0 Å². The van der Waals surface area contributed by atoms with E-state index in [2.05, 4.69) is 17.0 Å². The van der Waals surface area contributed by atoms with Crippen LogP contribution in [0.5, 0.6) is 11.5 Å². The molecule has 0 radical (unpaired) electrons. The van der Waals surface area contributed by atoms with Gasteiger partial charge in [-0.15, -0.1) is 0 Å². The smallest absolute Gasteiger partial charge is 0.161 e. The molecule has 5 heteroatoms. The zero-order valence-electron chi connectivity index (χ0n) is 15.4. The standard InChI is InChI=1S/C21H27NO4/c1-25-19-10-16-8-9-22(12-15-6-4-3-5-7-15)21(17(13-23)14-24)18(16)11-20(19)26-2/h3-7,10-11,17,21,23-24H,8-9,12-14H2,1-2H3. The number of ether oxygens (including phenoxy) is 2. The third kappa shape index (κ3) is 3.70. The number of benzene rings is 2. The lowest BCUT2D eigenvalue weighted by Gasteiger charge is -2.41. The summed E-state index contributed by atoms with van der Waals surface area (Å²) in [6, 6.07) is 14.2. The Labute approximate surface area is 154 Å². The van der Waals surface area contributed by atoms with Crippen molar-refractivity contribution in [3.05, 3.63) is 59.2 Å². The van der Waals surface area contributed by atoms with Crippen LogP contribution in [0.25, 0.3) is 0 Å². The number of aliphatic hydroxyl groups is 2. The van der Waals surface area contributed by atoms with Crippen LogP contribution in [0.1, 0.15) is 22.7 Å². The molecule has 5 nitrogen and oxygen atoms in total. The first kappa shape index (κ1) is 18.7. The Morgan fingerprint density at radius 2 is 1.69 bits per heavy atom. The maximum absolute atomic E-state index is 9.87. The Morgan fingerprint density at radius 3 is 2.31 bits per heavy atom. The average Bonchev–Trinajstić information content (AvgIpc) is 2.69. The van der Waals surface area contributed by atoms with Crippen molar-refractivity contribution in [2.24, 2.45) is 5.92 Å². The van der Waals surface area contributed by atoms with Gasteiger partial charge in [-0.2, -0.15) is 0 Å². The molecule has 1 aliphatic rings. The zero-order valence-corrected chi connectivity index (χ0v) is 15.4. The van der Waals surface area contributed by atoms with Crippen LogP contribution in [0.2, 0.25) is 0 Å². The van der Waals surface area contributed by atoms with Crippen LogP contribution in [0, 0.1) is 5.92 Å². The van der Waals surface area contributed by atoms with Crippen LogP contribution < -0.4 is 9.47 Å². The number of hydrogen-bond acceptors (Lipinski definition) is 5. The van der Waals surface area contributed by atoms with E-state index in [-0.39, 0.29) is 25.2 Å². The van der Waals surface area contributed by atoms with Crippen molar-refractivity contribution >= 4 is 0 Å². The van der Waals surface area contributed by atoms with Gasteiger partial charge in [-0.25, -0.2) is 0 Å². The molecule has 0 saturated carbocycles. The molecular weight excluding hydrogens is 330 g/mol. The normalized spacial score (nSPS) is 17.2. The minimum atomic E-state index is -0.254. The molecule has 26 heavy (non-hydrogen) atoms. The summed E-state index contributed by atoms with van der Waals surface area (Å²) >= 11 is 0. The van der Waals surface area contributed by atoms with Gasteiger partial charge < -0.3 is 19.7 Å². The van der Waals surface area contributed by atoms with Gasteiger partial charge in [-0.3, -0.25) is 4.90 Å². The van der Waals surface area contributed by atoms with Crippen molar-refractivity contribution in [2.45, 2.75) is 19.0 Å². The molecule has 140 valence electrons. The van der Waals surface area contributed by atoms with Crippen molar-refractivity contribution in [3.63, 3.8) is 0 Å². The predicted octanol–water partition coefficient (Wildman–Crippen LogP) is 2.40. The summed E-state index contributed by atoms with van der Waals surface area (Å²) in [4.78, 5) is 2.33. The highest BCUT2D eigenvalue weighted by molar-refractivity contribution is 5.49. The van der Waals surface area contributed by atoms with Crippen molar-refractivity contribution in [1.29, 1.82) is 0 Å². The van der Waals surface area contributed by atoms with Crippen molar-refractivity contribution in [2.75, 3.05) is 34.0 Å². The van der Waals surface area contributed by atoms with Crippen molar-refractivity contribution in [3.8, 4) is 11.5 Å². The van der Waals surface area contributed by atoms with Crippen LogP contribution in [0.15, 0.2) is 42.5 Å². The van der Waals surface area contributed by atoms with Crippen LogP contribution in [-0.2, 0) is 13.0 Å². The van der Waals surface area contributed by atoms with E-state index >= 15 is 0 Å². The summed E-state index contributed by atoms with van der Waals surface area (Å²) in [6.45, 7) is 1.49. The predicted molar refractivity (Wildman–Crippen MR) is 101 cm³/mol. The van der Waals surface area contributed by atoms with Gasteiger partial charge in [0.1, 0.15) is 0 Å². The minimum absolute atomic E-state index is 0.0692. The molecule has 0 aliphatic carbocycles. The number of aliphatic hydroxyl groups excluding tert-OH is 2. The van der Waals surface area contributed by atoms with Gasteiger partial charge in [0.25, 0.3) is 0 Å². The van der Waals surface area contributed by atoms with Gasteiger partial charge in [-0.1, -0.05) is 30.3 Å². The minimum Gasteiger partial charge on any atom is -0.493 e. The zero-order chi connectivity index (χ0) is 18.5. The molecule has 2 aromatic carbocycles. The number of rotatable bonds is 7. The highest BCUT2D eigenvalue weighted by Crippen LogP contribution is 2.41. The lowest BCUT2D eigenvalue weighted by atomic mass is 9.84. The largest absolute Gasteiger partial charge is 0.493 e. The second kappa shape index (κ2) is 8.54. The molecule has 2 aromatic rings. The molecule has 1 atom stereocenters. The first-order chi connectivity index (χ1) is 12.7. The molecule has 0 amide bonds. The lowest BCUT2D eigenvalue weighted by Crippen LogP contribution is -2.41. The Bertz CT molecular complexity index is 715. The fourth-order valence-electron chi connectivity index (χ4n) is 3.83. The summed E-state index contributed by atoms with van der Waals surface area (Å²) in [5.74, 6) is 1.13. The molecule has 1 heterocycles. The first-order valence-corrected chi connectivity index (χ1v) is 8.96. The topological polar surface area (TPSA) is 62.2 Å². The second-order valence-electron chi connectivity index (χ2n) is 6.68. The van der Waals surface area contributed by atoms with E-state index in [1.54, 1.807) is 14.2 Å². The summed E-state index contributed by atoms with van der Waals surface area (Å²) < 4.78 is 10.9. The highest BCUT2D eigenvalue weighted by atomic mass is 16.5. The summed E-state index contributed by atoms with van der Waals surface area (Å²) in [7, 11) is 3.26. The van der Waals surface area contributed by atoms with Gasteiger partial charge in [0, 0.05) is 38.3 Å². The highest BCUT2D eigenvalue weighted by Gasteiger charge is 2.34. The third-order valence-corrected chi connectivity index (χ3v) is 5.17. The quantitative estimate of drug-likeness (QED) is 0.797. The fourth-order valence-corrected chi connectivity index (χ4v) is 3.83. The van der Waals surface area contributed by atoms with Gasteiger partial charge in [0.05, 0.1) is 14.2 Å². The number of methoxy groups -OCH3 is 2. The van der Waals surface area contributed by atoms with Crippen molar-refractivity contribution < 1.29 is 19.7 Å². The van der Waals surface area contributed by atoms with Gasteiger partial charge in [0.2, 0.25) is 0 Å². The molecule has 2 N–H and O–H groups in total. The summed E-state index contributed by atoms with van der Waals surface area (Å²) in [5, 5.41) is 19.7. The second-order valence-corrected chi connectivity index (χ2v) is 6.68. The van der Waals surface area contributed by atoms with E-state index in [1.165, 1.54) is 11.1 Å². The summed E-state index contributed by atoms with van der Waals surface area (Å²) in [6.07, 6.45) is 0.891. The van der Waals surface area contributed by atoms with E-state index < -0.39 is 0 Å². The molecule has 0 bridgehead atoms. The molecule has 1 aliphatic heterocycles. The van der Waals surface area contributed by atoms with E-state index in [0.717, 1.165) is 25.1 Å². The number of fused-ring (bicyclic) bond motifs is 1. The fraction of sp³-hybridized carbons (Fsp3) is 0.429. The maximum atomic E-state index is 9.87. The SMILES string of the molecule is COc1cc2c(cc1OC)C(C(CO)CO)N(Cc1ccccc1)CC2. The molecular formula is C21H27NO4. The number of nitrogens with zero attached hydrogens (tertiary/aromatic N) is 1. The maximum Gasteiger partial charge on any atom is 0.161 e. The van der Waals surface area contributed by atoms with Crippen LogP contribution in [0.3, 0.4) is 0 Å². The first-order valence-electron chi connectivity index (χ1n) is 8.96. The molecule has 3 rings (SSSR count). The Morgan fingerprint density at radius 1 is 1.04 bits per heavy atom. The third-order valence-electron chi connectivity index (χ3n) is 5.17. The van der Waals surface area contributed by atoms with E-state index in [0.29, 0.717) is 11.5 Å². The van der Waals surface area contributed by atoms with Gasteiger partial charge in [-0.05, 0) is 35.2 Å². The van der Waals surface area contributed by atoms with Gasteiger partial charge in [0.15, 0.2) is 11.5 Å². The summed E-state index contributed by atoms with van der Waals surface area (Å²) in [5.41, 5.74) is 3.50. The van der Waals surface area contributed by atoms with E-state index in [1.807, 2.05) is 30.3 Å². The average molecular weight is 357 g/mol. The van der Waals surface area contributed by atoms with E-state index in [4.69, 9.17) is 9.47 Å². The van der Waals surface area contributed by atoms with E-state index in [9.17, 15) is 10.2 Å². The monoisotopic (exact) mass is 357 g/mol. The lowest BCUT2D eigenvalue weighted by molar-refractivity contribution is 0.0462. The van der Waals surface area contributed by atoms with Crippen LogP contribution in [0.4, 0.5) is 0 Å². The molecule has 0 aromatic heterocycles. The van der Waals surface area contributed by atoms with Crippen molar-refractivity contribution in [1.82, 2.24) is 4.90 Å². The number of hydrogen-bond donors (Lipinski definition) is 2. The molecule has 0 spiro atoms. The molecule has 0 fully saturated rings. The van der Waals surface area contributed by atoms with Gasteiger partial charge >= 0.3 is 0 Å². The van der Waals surface area contributed by atoms with Crippen LogP contribution in [-0.4, -0.2) is 49.1 Å². The Kier molecular flexibility index (Phi) is 6.14. The Balaban J connectivity index is 2.01.